The van der Waals surface area contributed by atoms with Crippen LogP contribution in [-0.2, 0) is 6.54 Å². The van der Waals surface area contributed by atoms with E-state index in [1.165, 1.54) is 21.3 Å². The second-order valence-corrected chi connectivity index (χ2v) is 4.93. The van der Waals surface area contributed by atoms with Crippen molar-refractivity contribution in [2.24, 2.45) is 0 Å². The Bertz CT molecular complexity index is 628. The van der Waals surface area contributed by atoms with Crippen molar-refractivity contribution in [1.29, 1.82) is 0 Å². The van der Waals surface area contributed by atoms with Crippen LogP contribution in [0.5, 0.6) is 0 Å². The third kappa shape index (κ3) is 2.26. The number of fused-ring (bicyclic) bond motifs is 1. The molecule has 17 heavy (non-hydrogen) atoms. The summed E-state index contributed by atoms with van der Waals surface area (Å²) >= 11 is 1.97. The molecule has 0 saturated carbocycles. The summed E-state index contributed by atoms with van der Waals surface area (Å²) in [5.41, 5.74) is 0.659. The number of hydrogen-bond acceptors (Lipinski definition) is 2. The average Bonchev–Trinajstić information content (AvgIpc) is 2.75. The van der Waals surface area contributed by atoms with Crippen LogP contribution in [0.25, 0.3) is 11.0 Å². The number of aromatic nitrogens is 2. The van der Waals surface area contributed by atoms with Gasteiger partial charge >= 0.3 is 0 Å². The van der Waals surface area contributed by atoms with E-state index in [1.54, 1.807) is 4.57 Å². The van der Waals surface area contributed by atoms with Crippen LogP contribution in [0.4, 0.5) is 8.78 Å². The van der Waals surface area contributed by atoms with E-state index in [-0.39, 0.29) is 11.1 Å². The molecule has 1 heterocycles. The van der Waals surface area contributed by atoms with Gasteiger partial charge < -0.3 is 4.57 Å². The smallest absolute Gasteiger partial charge is 0.185 e. The number of benzene rings is 1. The van der Waals surface area contributed by atoms with E-state index in [0.29, 0.717) is 12.1 Å². The van der Waals surface area contributed by atoms with Crippen molar-refractivity contribution in [2.75, 3.05) is 0 Å². The van der Waals surface area contributed by atoms with Gasteiger partial charge in [-0.1, -0.05) is 5.92 Å². The van der Waals surface area contributed by atoms with Gasteiger partial charge in [-0.3, -0.25) is 0 Å². The molecule has 0 saturated heterocycles. The normalized spacial score (nSPS) is 10.4. The van der Waals surface area contributed by atoms with Gasteiger partial charge in [0.1, 0.15) is 5.52 Å². The van der Waals surface area contributed by atoms with Crippen LogP contribution in [0, 0.1) is 22.8 Å². The summed E-state index contributed by atoms with van der Waals surface area (Å²) in [6.07, 6.45) is 1.50. The third-order valence-corrected chi connectivity index (χ3v) is 3.19. The lowest BCUT2D eigenvalue weighted by atomic mass is 10.2. The van der Waals surface area contributed by atoms with Gasteiger partial charge in [0, 0.05) is 27.8 Å². The monoisotopic (exact) mass is 364 g/mol. The highest BCUT2D eigenvalue weighted by molar-refractivity contribution is 14.2. The van der Waals surface area contributed by atoms with E-state index in [4.69, 9.17) is 0 Å². The fourth-order valence-corrected chi connectivity index (χ4v) is 2.05. The zero-order valence-electron chi connectivity index (χ0n) is 8.80. The fourth-order valence-electron chi connectivity index (χ4n) is 1.57. The molecule has 0 radical (unpaired) electrons. The van der Waals surface area contributed by atoms with Crippen LogP contribution in [0.2, 0.25) is 0 Å². The molecule has 0 unspecified atom stereocenters. The first-order valence-corrected chi connectivity index (χ1v) is 8.16. The summed E-state index contributed by atoms with van der Waals surface area (Å²) < 4.78 is 29.1. The van der Waals surface area contributed by atoms with E-state index in [9.17, 15) is 8.78 Å². The molecule has 1 aromatic heterocycles. The highest BCUT2D eigenvalue weighted by Gasteiger charge is 2.16. The summed E-state index contributed by atoms with van der Waals surface area (Å²) in [6, 6.07) is 1.47. The number of imidazole rings is 1. The minimum atomic E-state index is -0.911. The molecule has 0 aliphatic heterocycles. The first kappa shape index (κ1) is 12.6. The predicted octanol–water partition coefficient (Wildman–Crippen LogP) is 3.73. The van der Waals surface area contributed by atoms with Gasteiger partial charge in [0.2, 0.25) is 0 Å². The van der Waals surface area contributed by atoms with Gasteiger partial charge in [-0.05, 0) is 27.2 Å². The standard InChI is InChI=1S/C11H7F2IN2S/c1-2-16-6-15-8-5-7(3-4-17-14)9(12)10(13)11(8)16/h5-6H,2H2,1H3. The average molecular weight is 364 g/mol. The Kier molecular flexibility index (Phi) is 3.89. The van der Waals surface area contributed by atoms with Gasteiger partial charge in [-0.25, -0.2) is 13.8 Å². The van der Waals surface area contributed by atoms with Crippen molar-refractivity contribution < 1.29 is 8.78 Å². The predicted molar refractivity (Wildman–Crippen MR) is 73.8 cm³/mol. The van der Waals surface area contributed by atoms with Crippen molar-refractivity contribution in [3.63, 3.8) is 0 Å². The second-order valence-electron chi connectivity index (χ2n) is 3.25. The molecule has 0 fully saturated rings. The van der Waals surface area contributed by atoms with Gasteiger partial charge in [-0.2, -0.15) is 0 Å². The Morgan fingerprint density at radius 2 is 2.24 bits per heavy atom. The van der Waals surface area contributed by atoms with E-state index in [0.717, 1.165) is 0 Å². The molecule has 0 atom stereocenters. The molecule has 6 heteroatoms. The Labute approximate surface area is 113 Å². The summed E-state index contributed by atoms with van der Waals surface area (Å²) in [6.45, 7) is 2.39. The fraction of sp³-hybridized carbons (Fsp3) is 0.182. The Morgan fingerprint density at radius 3 is 2.88 bits per heavy atom. The lowest BCUT2D eigenvalue weighted by Crippen LogP contribution is -1.98. The quantitative estimate of drug-likeness (QED) is 0.567. The summed E-state index contributed by atoms with van der Waals surface area (Å²) in [5, 5.41) is 2.63. The maximum atomic E-state index is 13.9. The molecular weight excluding hydrogens is 357 g/mol. The van der Waals surface area contributed by atoms with Crippen LogP contribution in [0.15, 0.2) is 12.4 Å². The molecule has 0 N–H and O–H groups in total. The molecule has 1 aromatic carbocycles. The highest BCUT2D eigenvalue weighted by atomic mass is 127. The Morgan fingerprint density at radius 1 is 1.47 bits per heavy atom. The largest absolute Gasteiger partial charge is 0.328 e. The number of nitrogens with zero attached hydrogens (tertiary/aromatic N) is 2. The molecule has 0 amide bonds. The van der Waals surface area contributed by atoms with Crippen molar-refractivity contribution in [2.45, 2.75) is 13.5 Å². The molecule has 2 aromatic rings. The SMILES string of the molecule is CCn1cnc2cc(C#CSI)c(F)c(F)c21. The molecule has 0 spiro atoms. The van der Waals surface area contributed by atoms with Crippen LogP contribution in [0.3, 0.4) is 0 Å². The van der Waals surface area contributed by atoms with Crippen molar-refractivity contribution in [3.05, 3.63) is 29.6 Å². The molecule has 88 valence electrons. The van der Waals surface area contributed by atoms with Crippen molar-refractivity contribution in [3.8, 4) is 11.2 Å². The zero-order chi connectivity index (χ0) is 12.4. The minimum absolute atomic E-state index is 0.0421. The Hall–Kier alpha value is -0.810. The maximum Gasteiger partial charge on any atom is 0.185 e. The molecule has 2 nitrogen and oxygen atoms in total. The van der Waals surface area contributed by atoms with Gasteiger partial charge in [-0.15, -0.1) is 0 Å². The summed E-state index contributed by atoms with van der Waals surface area (Å²) in [7, 11) is 1.22. The van der Waals surface area contributed by atoms with Crippen LogP contribution >= 0.6 is 30.1 Å². The third-order valence-electron chi connectivity index (χ3n) is 2.35. The first-order valence-electron chi connectivity index (χ1n) is 4.80. The molecule has 2 rings (SSSR count). The van der Waals surface area contributed by atoms with E-state index < -0.39 is 11.6 Å². The number of halogens is 3. The Balaban J connectivity index is 2.72. The van der Waals surface area contributed by atoms with Gasteiger partial charge in [0.25, 0.3) is 0 Å². The molecule has 0 aliphatic rings. The number of rotatable bonds is 1. The first-order chi connectivity index (χ1) is 8.19. The number of hydrogen-bond donors (Lipinski definition) is 0. The lowest BCUT2D eigenvalue weighted by molar-refractivity contribution is 0.510. The van der Waals surface area contributed by atoms with E-state index in [1.807, 2.05) is 28.1 Å². The molecule has 0 aliphatic carbocycles. The van der Waals surface area contributed by atoms with E-state index >= 15 is 0 Å². The van der Waals surface area contributed by atoms with Crippen molar-refractivity contribution in [1.82, 2.24) is 9.55 Å². The summed E-state index contributed by atoms with van der Waals surface area (Å²) in [4.78, 5) is 4.04. The zero-order valence-corrected chi connectivity index (χ0v) is 11.8. The second kappa shape index (κ2) is 5.23. The summed E-state index contributed by atoms with van der Waals surface area (Å²) in [5.74, 6) is 0.768. The van der Waals surface area contributed by atoms with Crippen LogP contribution in [0.1, 0.15) is 12.5 Å². The van der Waals surface area contributed by atoms with E-state index in [2.05, 4.69) is 16.2 Å². The minimum Gasteiger partial charge on any atom is -0.328 e. The van der Waals surface area contributed by atoms with Gasteiger partial charge in [0.15, 0.2) is 11.6 Å². The topological polar surface area (TPSA) is 17.8 Å². The maximum absolute atomic E-state index is 13.9. The van der Waals surface area contributed by atoms with Crippen LogP contribution < -0.4 is 0 Å². The van der Waals surface area contributed by atoms with Crippen molar-refractivity contribution >= 4 is 41.2 Å². The highest BCUT2D eigenvalue weighted by Crippen LogP contribution is 2.23. The lowest BCUT2D eigenvalue weighted by Gasteiger charge is -2.02. The van der Waals surface area contributed by atoms with Gasteiger partial charge in [0.05, 0.1) is 17.4 Å². The van der Waals surface area contributed by atoms with Crippen LogP contribution in [-0.4, -0.2) is 9.55 Å². The molecular formula is C11H7F2IN2S. The molecule has 0 bridgehead atoms. The number of aryl methyl sites for hydroxylation is 1.